The fraction of sp³-hybridized carbons (Fsp3) is 0.643. The molecule has 1 aromatic rings. The fourth-order valence-corrected chi connectivity index (χ4v) is 5.07. The Balaban J connectivity index is 1.86. The maximum absolute atomic E-state index is 12.7. The average molecular weight is 311 g/mol. The van der Waals surface area contributed by atoms with Crippen LogP contribution in [0.25, 0.3) is 0 Å². The van der Waals surface area contributed by atoms with Gasteiger partial charge in [0.1, 0.15) is 10.7 Å². The molecule has 1 aliphatic carbocycles. The van der Waals surface area contributed by atoms with E-state index in [1.165, 1.54) is 16.6 Å². The number of hydrogen-bond acceptors (Lipinski definition) is 5. The highest BCUT2D eigenvalue weighted by Gasteiger charge is 2.45. The second-order valence-electron chi connectivity index (χ2n) is 6.05. The summed E-state index contributed by atoms with van der Waals surface area (Å²) in [4.78, 5) is 3.92. The van der Waals surface area contributed by atoms with Gasteiger partial charge in [0.2, 0.25) is 10.0 Å². The number of piperidine rings is 1. The molecule has 2 heterocycles. The third-order valence-corrected chi connectivity index (χ3v) is 6.72. The number of hydrogen-bond donors (Lipinski definition) is 2. The Morgan fingerprint density at radius 3 is 2.95 bits per heavy atom. The maximum atomic E-state index is 12.7. The molecule has 1 aromatic heterocycles. The molecular weight excluding hydrogens is 290 g/mol. The lowest BCUT2D eigenvalue weighted by atomic mass is 9.72. The topological polar surface area (TPSA) is 96.5 Å². The van der Waals surface area contributed by atoms with Gasteiger partial charge in [0.05, 0.1) is 5.60 Å². The lowest BCUT2D eigenvalue weighted by molar-refractivity contribution is -0.0816. The molecule has 0 amide bonds. The molecule has 7 heteroatoms. The number of aliphatic hydroxyl groups is 1. The van der Waals surface area contributed by atoms with E-state index in [9.17, 15) is 13.5 Å². The largest absolute Gasteiger partial charge is 0.390 e. The smallest absolute Gasteiger partial charge is 0.246 e. The van der Waals surface area contributed by atoms with Crippen molar-refractivity contribution < 1.29 is 13.5 Å². The molecule has 21 heavy (non-hydrogen) atoms. The molecule has 2 aliphatic rings. The van der Waals surface area contributed by atoms with E-state index in [1.807, 2.05) is 0 Å². The molecule has 116 valence electrons. The Bertz CT molecular complexity index is 634. The second-order valence-corrected chi connectivity index (χ2v) is 7.95. The SMILES string of the molecule is Nc1ncccc1S(=O)(=O)N1CCC2(O)CCCCC2C1. The Morgan fingerprint density at radius 1 is 1.38 bits per heavy atom. The number of aromatic nitrogens is 1. The maximum Gasteiger partial charge on any atom is 0.246 e. The van der Waals surface area contributed by atoms with Crippen molar-refractivity contribution >= 4 is 15.8 Å². The van der Waals surface area contributed by atoms with Gasteiger partial charge < -0.3 is 10.8 Å². The Morgan fingerprint density at radius 2 is 2.19 bits per heavy atom. The van der Waals surface area contributed by atoms with E-state index in [2.05, 4.69) is 4.98 Å². The van der Waals surface area contributed by atoms with Crippen LogP contribution < -0.4 is 5.73 Å². The fourth-order valence-electron chi connectivity index (χ4n) is 3.52. The van der Waals surface area contributed by atoms with Gasteiger partial charge in [0, 0.05) is 25.2 Å². The number of nitrogens with zero attached hydrogens (tertiary/aromatic N) is 2. The van der Waals surface area contributed by atoms with Crippen molar-refractivity contribution in [1.82, 2.24) is 9.29 Å². The first-order valence-corrected chi connectivity index (χ1v) is 8.80. The van der Waals surface area contributed by atoms with E-state index in [0.717, 1.165) is 25.7 Å². The first-order chi connectivity index (χ1) is 9.93. The molecule has 3 N–H and O–H groups in total. The highest BCUT2D eigenvalue weighted by atomic mass is 32.2. The van der Waals surface area contributed by atoms with Crippen LogP contribution in [-0.2, 0) is 10.0 Å². The second kappa shape index (κ2) is 5.23. The standard InChI is InChI=1S/C14H21N3O3S/c15-13-12(5-3-8-16-13)21(19,20)17-9-7-14(18)6-2-1-4-11(14)10-17/h3,5,8,11,18H,1-2,4,6-7,9-10H2,(H2,15,16). The monoisotopic (exact) mass is 311 g/mol. The lowest BCUT2D eigenvalue weighted by Crippen LogP contribution is -2.54. The van der Waals surface area contributed by atoms with Gasteiger partial charge in [-0.3, -0.25) is 0 Å². The highest BCUT2D eigenvalue weighted by molar-refractivity contribution is 7.89. The van der Waals surface area contributed by atoms with Crippen LogP contribution in [-0.4, -0.2) is 41.5 Å². The number of nitrogen functional groups attached to an aromatic ring is 1. The van der Waals surface area contributed by atoms with E-state index in [1.54, 1.807) is 6.07 Å². The molecule has 1 saturated heterocycles. The molecule has 1 aliphatic heterocycles. The number of fused-ring (bicyclic) bond motifs is 1. The molecule has 2 unspecified atom stereocenters. The number of pyridine rings is 1. The van der Waals surface area contributed by atoms with Gasteiger partial charge in [-0.05, 0) is 31.4 Å². The van der Waals surface area contributed by atoms with Crippen LogP contribution in [0.5, 0.6) is 0 Å². The predicted octanol–water partition coefficient (Wildman–Crippen LogP) is 0.979. The van der Waals surface area contributed by atoms with Gasteiger partial charge >= 0.3 is 0 Å². The zero-order valence-corrected chi connectivity index (χ0v) is 12.7. The Hall–Kier alpha value is -1.18. The van der Waals surface area contributed by atoms with Crippen molar-refractivity contribution in [2.45, 2.75) is 42.6 Å². The van der Waals surface area contributed by atoms with Crippen molar-refractivity contribution in [1.29, 1.82) is 0 Å². The van der Waals surface area contributed by atoms with Gasteiger partial charge in [-0.25, -0.2) is 13.4 Å². The quantitative estimate of drug-likeness (QED) is 0.848. The van der Waals surface area contributed by atoms with E-state index >= 15 is 0 Å². The van der Waals surface area contributed by atoms with Gasteiger partial charge in [0.25, 0.3) is 0 Å². The normalized spacial score (nSPS) is 30.8. The summed E-state index contributed by atoms with van der Waals surface area (Å²) >= 11 is 0. The van der Waals surface area contributed by atoms with Crippen LogP contribution in [0.2, 0.25) is 0 Å². The van der Waals surface area contributed by atoms with Crippen LogP contribution >= 0.6 is 0 Å². The Labute approximate surface area is 125 Å². The zero-order valence-electron chi connectivity index (χ0n) is 11.9. The summed E-state index contributed by atoms with van der Waals surface area (Å²) in [5, 5.41) is 10.6. The number of anilines is 1. The van der Waals surface area contributed by atoms with Crippen molar-refractivity contribution in [3.05, 3.63) is 18.3 Å². The molecule has 0 aromatic carbocycles. The molecule has 0 radical (unpaired) electrons. The van der Waals surface area contributed by atoms with Gasteiger partial charge in [0.15, 0.2) is 0 Å². The molecule has 6 nitrogen and oxygen atoms in total. The van der Waals surface area contributed by atoms with Crippen LogP contribution in [0, 0.1) is 5.92 Å². The van der Waals surface area contributed by atoms with E-state index in [4.69, 9.17) is 5.73 Å². The first kappa shape index (κ1) is 14.7. The lowest BCUT2D eigenvalue weighted by Gasteiger charge is -2.46. The van der Waals surface area contributed by atoms with Crippen LogP contribution in [0.1, 0.15) is 32.1 Å². The van der Waals surface area contributed by atoms with Crippen molar-refractivity contribution in [2.75, 3.05) is 18.8 Å². The molecule has 3 rings (SSSR count). The van der Waals surface area contributed by atoms with Gasteiger partial charge in [-0.1, -0.05) is 12.8 Å². The summed E-state index contributed by atoms with van der Waals surface area (Å²) in [7, 11) is -3.64. The minimum Gasteiger partial charge on any atom is -0.390 e. The predicted molar refractivity (Wildman–Crippen MR) is 78.9 cm³/mol. The van der Waals surface area contributed by atoms with Crippen molar-refractivity contribution in [2.24, 2.45) is 5.92 Å². The molecule has 2 fully saturated rings. The van der Waals surface area contributed by atoms with Crippen LogP contribution in [0.3, 0.4) is 0 Å². The molecule has 0 spiro atoms. The summed E-state index contributed by atoms with van der Waals surface area (Å²) in [5.74, 6) is 0.0506. The number of rotatable bonds is 2. The summed E-state index contributed by atoms with van der Waals surface area (Å²) in [6.45, 7) is 0.705. The minimum atomic E-state index is -3.64. The molecule has 1 saturated carbocycles. The van der Waals surface area contributed by atoms with E-state index in [-0.39, 0.29) is 16.6 Å². The van der Waals surface area contributed by atoms with Crippen LogP contribution in [0.15, 0.2) is 23.2 Å². The molecular formula is C14H21N3O3S. The van der Waals surface area contributed by atoms with Crippen molar-refractivity contribution in [3.63, 3.8) is 0 Å². The van der Waals surface area contributed by atoms with Crippen molar-refractivity contribution in [3.8, 4) is 0 Å². The van der Waals surface area contributed by atoms with E-state index in [0.29, 0.717) is 19.5 Å². The number of nitrogens with two attached hydrogens (primary N) is 1. The van der Waals surface area contributed by atoms with Gasteiger partial charge in [-0.2, -0.15) is 4.31 Å². The third kappa shape index (κ3) is 2.54. The highest BCUT2D eigenvalue weighted by Crippen LogP contribution is 2.41. The number of sulfonamides is 1. The molecule has 2 atom stereocenters. The van der Waals surface area contributed by atoms with Gasteiger partial charge in [-0.15, -0.1) is 0 Å². The van der Waals surface area contributed by atoms with E-state index < -0.39 is 15.6 Å². The summed E-state index contributed by atoms with van der Waals surface area (Å²) in [5.41, 5.74) is 5.02. The van der Waals surface area contributed by atoms with Crippen LogP contribution in [0.4, 0.5) is 5.82 Å². The third-order valence-electron chi connectivity index (χ3n) is 4.81. The zero-order chi connectivity index (χ0) is 15.1. The summed E-state index contributed by atoms with van der Waals surface area (Å²) < 4.78 is 26.9. The summed E-state index contributed by atoms with van der Waals surface area (Å²) in [6.07, 6.45) is 5.71. The summed E-state index contributed by atoms with van der Waals surface area (Å²) in [6, 6.07) is 3.06. The Kier molecular flexibility index (Phi) is 3.67. The average Bonchev–Trinajstić information content (AvgIpc) is 2.46. The first-order valence-electron chi connectivity index (χ1n) is 7.36. The molecule has 0 bridgehead atoms. The minimum absolute atomic E-state index is 0.0210.